The largest absolute Gasteiger partial charge is 0.493 e. The van der Waals surface area contributed by atoms with Crippen LogP contribution in [0.3, 0.4) is 0 Å². The molecule has 1 amide bonds. The highest BCUT2D eigenvalue weighted by Gasteiger charge is 2.24. The maximum atomic E-state index is 12.5. The average molecular weight is 319 g/mol. The molecule has 1 atom stereocenters. The van der Waals surface area contributed by atoms with Gasteiger partial charge in [-0.3, -0.25) is 4.79 Å². The van der Waals surface area contributed by atoms with E-state index in [2.05, 4.69) is 5.32 Å². The topological polar surface area (TPSA) is 71.7 Å². The summed E-state index contributed by atoms with van der Waals surface area (Å²) in [5.74, 6) is 0.663. The number of rotatable bonds is 6. The van der Waals surface area contributed by atoms with Crippen LogP contribution < -0.4 is 10.1 Å². The van der Waals surface area contributed by atoms with Gasteiger partial charge in [-0.1, -0.05) is 26.0 Å². The summed E-state index contributed by atoms with van der Waals surface area (Å²) >= 11 is 0. The fourth-order valence-electron chi connectivity index (χ4n) is 2.87. The third-order valence-electron chi connectivity index (χ3n) is 3.93. The molecule has 1 heterocycles. The molecule has 2 aromatic rings. The number of aliphatic hydroxyl groups is 1. The SMILES string of the molecule is COc1cccc2c(C)c(C(=O)NCC(C)(C)CC(C)O)oc12. The first-order valence-electron chi connectivity index (χ1n) is 7.77. The van der Waals surface area contributed by atoms with Crippen molar-refractivity contribution in [3.63, 3.8) is 0 Å². The van der Waals surface area contributed by atoms with Gasteiger partial charge in [-0.25, -0.2) is 0 Å². The molecule has 23 heavy (non-hydrogen) atoms. The van der Waals surface area contributed by atoms with Crippen molar-refractivity contribution in [1.82, 2.24) is 5.32 Å². The Labute approximate surface area is 136 Å². The number of carbonyl (C=O) groups excluding carboxylic acids is 1. The molecule has 0 fully saturated rings. The summed E-state index contributed by atoms with van der Waals surface area (Å²) in [6.07, 6.45) is 0.208. The summed E-state index contributed by atoms with van der Waals surface area (Å²) in [5, 5.41) is 13.3. The van der Waals surface area contributed by atoms with Gasteiger partial charge in [0.2, 0.25) is 0 Å². The molecule has 126 valence electrons. The van der Waals surface area contributed by atoms with Gasteiger partial charge in [0, 0.05) is 17.5 Å². The zero-order valence-electron chi connectivity index (χ0n) is 14.4. The second-order valence-electron chi connectivity index (χ2n) is 6.79. The van der Waals surface area contributed by atoms with Crippen molar-refractivity contribution in [1.29, 1.82) is 0 Å². The van der Waals surface area contributed by atoms with Gasteiger partial charge in [-0.15, -0.1) is 0 Å². The number of fused-ring (bicyclic) bond motifs is 1. The number of ether oxygens (including phenoxy) is 1. The molecule has 0 saturated heterocycles. The first kappa shape index (κ1) is 17.3. The second kappa shape index (κ2) is 6.62. The van der Waals surface area contributed by atoms with E-state index in [1.165, 1.54) is 0 Å². The van der Waals surface area contributed by atoms with Gasteiger partial charge >= 0.3 is 0 Å². The molecule has 0 spiro atoms. The monoisotopic (exact) mass is 319 g/mol. The van der Waals surface area contributed by atoms with E-state index in [1.54, 1.807) is 20.1 Å². The van der Waals surface area contributed by atoms with E-state index >= 15 is 0 Å². The van der Waals surface area contributed by atoms with E-state index in [0.717, 1.165) is 10.9 Å². The number of hydrogen-bond donors (Lipinski definition) is 2. The molecule has 0 saturated carbocycles. The van der Waals surface area contributed by atoms with Crippen LogP contribution in [-0.4, -0.2) is 30.8 Å². The number of carbonyl (C=O) groups is 1. The van der Waals surface area contributed by atoms with Gasteiger partial charge in [0.05, 0.1) is 13.2 Å². The molecule has 0 bridgehead atoms. The third-order valence-corrected chi connectivity index (χ3v) is 3.93. The number of hydrogen-bond acceptors (Lipinski definition) is 4. The van der Waals surface area contributed by atoms with E-state index in [4.69, 9.17) is 9.15 Å². The minimum Gasteiger partial charge on any atom is -0.493 e. The molecule has 0 aliphatic rings. The van der Waals surface area contributed by atoms with Crippen molar-refractivity contribution in [3.05, 3.63) is 29.5 Å². The molecule has 0 aliphatic carbocycles. The van der Waals surface area contributed by atoms with Crippen LogP contribution in [-0.2, 0) is 0 Å². The van der Waals surface area contributed by atoms with Crippen molar-refractivity contribution >= 4 is 16.9 Å². The Hall–Kier alpha value is -2.01. The number of para-hydroxylation sites is 1. The molecule has 0 aliphatic heterocycles. The van der Waals surface area contributed by atoms with E-state index in [9.17, 15) is 9.90 Å². The van der Waals surface area contributed by atoms with Crippen molar-refractivity contribution in [3.8, 4) is 5.75 Å². The van der Waals surface area contributed by atoms with Gasteiger partial charge in [0.25, 0.3) is 5.91 Å². The molecule has 1 aromatic heterocycles. The highest BCUT2D eigenvalue weighted by molar-refractivity contribution is 6.00. The van der Waals surface area contributed by atoms with Crippen molar-refractivity contribution in [2.75, 3.05) is 13.7 Å². The molecule has 5 nitrogen and oxygen atoms in total. The number of aryl methyl sites for hydroxylation is 1. The average Bonchev–Trinajstić information content (AvgIpc) is 2.81. The van der Waals surface area contributed by atoms with Crippen LogP contribution in [0.15, 0.2) is 22.6 Å². The van der Waals surface area contributed by atoms with Crippen LogP contribution in [0, 0.1) is 12.3 Å². The molecule has 0 radical (unpaired) electrons. The van der Waals surface area contributed by atoms with Crippen LogP contribution in [0.25, 0.3) is 11.0 Å². The Morgan fingerprint density at radius 3 is 2.74 bits per heavy atom. The number of furan rings is 1. The Morgan fingerprint density at radius 1 is 1.43 bits per heavy atom. The van der Waals surface area contributed by atoms with Gasteiger partial charge in [-0.2, -0.15) is 0 Å². The van der Waals surface area contributed by atoms with Crippen LogP contribution in [0.1, 0.15) is 43.3 Å². The summed E-state index contributed by atoms with van der Waals surface area (Å²) in [7, 11) is 1.57. The van der Waals surface area contributed by atoms with Crippen LogP contribution >= 0.6 is 0 Å². The van der Waals surface area contributed by atoms with Crippen LogP contribution in [0.5, 0.6) is 5.75 Å². The third kappa shape index (κ3) is 3.85. The van der Waals surface area contributed by atoms with Gasteiger partial charge in [0.1, 0.15) is 0 Å². The molecule has 1 unspecified atom stereocenters. The molecule has 1 aromatic carbocycles. The maximum Gasteiger partial charge on any atom is 0.287 e. The maximum absolute atomic E-state index is 12.5. The lowest BCUT2D eigenvalue weighted by molar-refractivity contribution is 0.0877. The predicted octanol–water partition coefficient (Wildman–Crippen LogP) is 3.28. The molecule has 5 heteroatoms. The lowest BCUT2D eigenvalue weighted by Crippen LogP contribution is -2.35. The zero-order chi connectivity index (χ0) is 17.2. The number of nitrogens with one attached hydrogen (secondary N) is 1. The fourth-order valence-corrected chi connectivity index (χ4v) is 2.87. The summed E-state index contributed by atoms with van der Waals surface area (Å²) < 4.78 is 11.0. The first-order valence-corrected chi connectivity index (χ1v) is 7.77. The number of amides is 1. The quantitative estimate of drug-likeness (QED) is 0.857. The van der Waals surface area contributed by atoms with E-state index in [1.807, 2.05) is 32.9 Å². The molecular weight excluding hydrogens is 294 g/mol. The molecule has 2 rings (SSSR count). The highest BCUT2D eigenvalue weighted by Crippen LogP contribution is 2.32. The van der Waals surface area contributed by atoms with E-state index in [0.29, 0.717) is 30.1 Å². The smallest absolute Gasteiger partial charge is 0.287 e. The summed E-state index contributed by atoms with van der Waals surface area (Å²) in [5.41, 5.74) is 1.19. The normalized spacial score (nSPS) is 13.1. The first-order chi connectivity index (χ1) is 10.7. The highest BCUT2D eigenvalue weighted by atomic mass is 16.5. The summed E-state index contributed by atoms with van der Waals surface area (Å²) in [6, 6.07) is 5.58. The molecule has 2 N–H and O–H groups in total. The summed E-state index contributed by atoms with van der Waals surface area (Å²) in [6.45, 7) is 8.09. The minimum atomic E-state index is -0.404. The number of methoxy groups -OCH3 is 1. The van der Waals surface area contributed by atoms with E-state index in [-0.39, 0.29) is 11.3 Å². The van der Waals surface area contributed by atoms with Gasteiger partial charge in [0.15, 0.2) is 17.1 Å². The van der Waals surface area contributed by atoms with Crippen molar-refractivity contribution in [2.24, 2.45) is 5.41 Å². The van der Waals surface area contributed by atoms with Crippen molar-refractivity contribution < 1.29 is 19.1 Å². The Balaban J connectivity index is 2.20. The second-order valence-corrected chi connectivity index (χ2v) is 6.79. The van der Waals surface area contributed by atoms with Crippen LogP contribution in [0.4, 0.5) is 0 Å². The number of aliphatic hydroxyl groups excluding tert-OH is 1. The lowest BCUT2D eigenvalue weighted by Gasteiger charge is -2.26. The zero-order valence-corrected chi connectivity index (χ0v) is 14.4. The van der Waals surface area contributed by atoms with Crippen LogP contribution in [0.2, 0.25) is 0 Å². The Morgan fingerprint density at radius 2 is 2.13 bits per heavy atom. The molecular formula is C18H25NO4. The number of benzene rings is 1. The lowest BCUT2D eigenvalue weighted by atomic mass is 9.87. The fraction of sp³-hybridized carbons (Fsp3) is 0.500. The van der Waals surface area contributed by atoms with Gasteiger partial charge < -0.3 is 19.6 Å². The van der Waals surface area contributed by atoms with E-state index < -0.39 is 6.10 Å². The Kier molecular flexibility index (Phi) is 5.00. The Bertz CT molecular complexity index is 700. The minimum absolute atomic E-state index is 0.193. The standard InChI is InChI=1S/C18H25NO4/c1-11(20)9-18(3,4)10-19-17(21)15-12(2)13-7-6-8-14(22-5)16(13)23-15/h6-8,11,20H,9-10H2,1-5H3,(H,19,21). The van der Waals surface area contributed by atoms with Crippen molar-refractivity contribution in [2.45, 2.75) is 40.2 Å². The predicted molar refractivity (Wildman–Crippen MR) is 89.9 cm³/mol. The summed E-state index contributed by atoms with van der Waals surface area (Å²) in [4.78, 5) is 12.5. The van der Waals surface area contributed by atoms with Gasteiger partial charge in [-0.05, 0) is 31.7 Å².